The first-order valence-corrected chi connectivity index (χ1v) is 12.5. The summed E-state index contributed by atoms with van der Waals surface area (Å²) < 4.78 is 40.9. The molecule has 0 aliphatic carbocycles. The number of amides is 1. The molecule has 3 rings (SSSR count). The van der Waals surface area contributed by atoms with Crippen molar-refractivity contribution in [2.45, 2.75) is 32.2 Å². The first-order valence-electron chi connectivity index (χ1n) is 9.99. The standard InChI is InChI=1S/C22H24FN2O5PS/c1-3-11-29-22(27)14(2)25-31(28,30-17-7-5-4-6-8-17)20(23)15-9-10-18-16(12-15)13-19(32-18)21(24)26/h4-10,12-14,20H,3,11H2,1-2H3,(H2,24,26)(H,25,28). The molecule has 32 heavy (non-hydrogen) atoms. The van der Waals surface area contributed by atoms with Crippen LogP contribution in [0.1, 0.15) is 41.4 Å². The van der Waals surface area contributed by atoms with Gasteiger partial charge >= 0.3 is 13.5 Å². The largest absolute Gasteiger partial charge is 0.465 e. The van der Waals surface area contributed by atoms with Crippen LogP contribution in [-0.2, 0) is 14.1 Å². The lowest BCUT2D eigenvalue weighted by Gasteiger charge is -2.26. The summed E-state index contributed by atoms with van der Waals surface area (Å²) in [7, 11) is -4.29. The fourth-order valence-corrected chi connectivity index (χ4v) is 5.76. The first-order chi connectivity index (χ1) is 15.2. The summed E-state index contributed by atoms with van der Waals surface area (Å²) in [5.74, 6) is -3.14. The number of carbonyl (C=O) groups is 2. The number of alkyl halides is 1. The van der Waals surface area contributed by atoms with Crippen LogP contribution in [0.4, 0.5) is 4.39 Å². The predicted octanol–water partition coefficient (Wildman–Crippen LogP) is 5.17. The topological polar surface area (TPSA) is 108 Å². The minimum atomic E-state index is -4.29. The van der Waals surface area contributed by atoms with Crippen molar-refractivity contribution in [3.63, 3.8) is 0 Å². The molecule has 7 nitrogen and oxygen atoms in total. The molecule has 0 aliphatic heterocycles. The van der Waals surface area contributed by atoms with Crippen LogP contribution in [0.5, 0.6) is 5.75 Å². The van der Waals surface area contributed by atoms with Gasteiger partial charge in [0.1, 0.15) is 11.8 Å². The third kappa shape index (κ3) is 5.54. The van der Waals surface area contributed by atoms with Crippen molar-refractivity contribution in [1.82, 2.24) is 5.09 Å². The maximum Gasteiger partial charge on any atom is 0.355 e. The zero-order chi connectivity index (χ0) is 23.3. The molecule has 170 valence electrons. The number of esters is 1. The number of hydrogen-bond donors (Lipinski definition) is 2. The Balaban J connectivity index is 1.94. The molecule has 3 unspecified atom stereocenters. The van der Waals surface area contributed by atoms with E-state index in [1.165, 1.54) is 30.4 Å². The zero-order valence-corrected chi connectivity index (χ0v) is 19.3. The number of para-hydroxylation sites is 1. The highest BCUT2D eigenvalue weighted by molar-refractivity contribution is 7.57. The molecule has 2 aromatic carbocycles. The average molecular weight is 478 g/mol. The number of nitrogens with one attached hydrogen (secondary N) is 1. The van der Waals surface area contributed by atoms with Crippen molar-refractivity contribution in [2.24, 2.45) is 5.73 Å². The van der Waals surface area contributed by atoms with E-state index in [9.17, 15) is 14.2 Å². The molecule has 0 saturated heterocycles. The summed E-state index contributed by atoms with van der Waals surface area (Å²) in [6.45, 7) is 3.48. The van der Waals surface area contributed by atoms with E-state index in [-0.39, 0.29) is 17.9 Å². The van der Waals surface area contributed by atoms with Gasteiger partial charge in [-0.3, -0.25) is 14.2 Å². The van der Waals surface area contributed by atoms with E-state index in [1.54, 1.807) is 42.5 Å². The second-order valence-corrected chi connectivity index (χ2v) is 10.3. The highest BCUT2D eigenvalue weighted by Crippen LogP contribution is 2.58. The molecule has 3 atom stereocenters. The Bertz CT molecular complexity index is 1150. The van der Waals surface area contributed by atoms with E-state index in [2.05, 4.69) is 5.09 Å². The maximum atomic E-state index is 15.7. The van der Waals surface area contributed by atoms with Gasteiger partial charge in [0.15, 0.2) is 0 Å². The Morgan fingerprint density at radius 3 is 2.56 bits per heavy atom. The van der Waals surface area contributed by atoms with Crippen molar-refractivity contribution in [3.8, 4) is 5.75 Å². The summed E-state index contributed by atoms with van der Waals surface area (Å²) in [6, 6.07) is 13.2. The molecule has 1 amide bonds. The van der Waals surface area contributed by atoms with Gasteiger partial charge in [-0.05, 0) is 54.6 Å². The Hall–Kier alpha value is -2.74. The van der Waals surface area contributed by atoms with E-state index in [4.69, 9.17) is 15.0 Å². The van der Waals surface area contributed by atoms with Crippen LogP contribution in [-0.4, -0.2) is 24.5 Å². The van der Waals surface area contributed by atoms with Crippen LogP contribution in [0.15, 0.2) is 54.6 Å². The molecule has 0 radical (unpaired) electrons. The monoisotopic (exact) mass is 478 g/mol. The Morgan fingerprint density at radius 2 is 1.91 bits per heavy atom. The molecule has 1 aromatic heterocycles. The average Bonchev–Trinajstić information content (AvgIpc) is 3.21. The number of thiophene rings is 1. The van der Waals surface area contributed by atoms with Gasteiger partial charge in [0.05, 0.1) is 11.5 Å². The van der Waals surface area contributed by atoms with Gasteiger partial charge in [-0.25, -0.2) is 9.48 Å². The maximum absolute atomic E-state index is 15.7. The van der Waals surface area contributed by atoms with Crippen molar-refractivity contribution in [3.05, 3.63) is 65.0 Å². The summed E-state index contributed by atoms with van der Waals surface area (Å²) in [6.07, 6.45) is 0.621. The summed E-state index contributed by atoms with van der Waals surface area (Å²) in [5.41, 5.74) is 5.40. The number of benzene rings is 2. The quantitative estimate of drug-likeness (QED) is 0.307. The molecule has 3 N–H and O–H groups in total. The normalized spacial score (nSPS) is 15.0. The fraction of sp³-hybridized carbons (Fsp3) is 0.273. The number of hydrogen-bond acceptors (Lipinski definition) is 6. The third-order valence-corrected chi connectivity index (χ3v) is 7.77. The van der Waals surface area contributed by atoms with E-state index in [1.807, 2.05) is 6.92 Å². The molecule has 0 saturated carbocycles. The predicted molar refractivity (Wildman–Crippen MR) is 123 cm³/mol. The lowest BCUT2D eigenvalue weighted by Crippen LogP contribution is -2.35. The lowest BCUT2D eigenvalue weighted by atomic mass is 10.2. The van der Waals surface area contributed by atoms with Crippen molar-refractivity contribution in [1.29, 1.82) is 0 Å². The number of ether oxygens (including phenoxy) is 1. The number of rotatable bonds is 10. The van der Waals surface area contributed by atoms with Crippen LogP contribution < -0.4 is 15.3 Å². The molecule has 10 heteroatoms. The second kappa shape index (κ2) is 10.3. The van der Waals surface area contributed by atoms with Crippen molar-refractivity contribution < 1.29 is 27.8 Å². The highest BCUT2D eigenvalue weighted by Gasteiger charge is 2.40. The molecule has 3 aromatic rings. The Morgan fingerprint density at radius 1 is 1.19 bits per heavy atom. The van der Waals surface area contributed by atoms with E-state index in [0.29, 0.717) is 16.7 Å². The second-order valence-electron chi connectivity index (χ2n) is 7.13. The van der Waals surface area contributed by atoms with Gasteiger partial charge in [-0.2, -0.15) is 0 Å². The number of fused-ring (bicyclic) bond motifs is 1. The number of primary amides is 1. The SMILES string of the molecule is CCCOC(=O)C(C)NP(=O)(Oc1ccccc1)C(F)c1ccc2sc(C(N)=O)cc2c1. The van der Waals surface area contributed by atoms with Crippen LogP contribution in [0, 0.1) is 0 Å². The molecular formula is C22H24FN2O5PS. The Kier molecular flexibility index (Phi) is 7.66. The zero-order valence-electron chi connectivity index (χ0n) is 17.6. The van der Waals surface area contributed by atoms with Crippen molar-refractivity contribution >= 4 is 40.8 Å². The molecule has 0 fully saturated rings. The molecule has 1 heterocycles. The van der Waals surface area contributed by atoms with Gasteiger partial charge < -0.3 is 15.0 Å². The van der Waals surface area contributed by atoms with E-state index < -0.39 is 31.4 Å². The lowest BCUT2D eigenvalue weighted by molar-refractivity contribution is -0.145. The molecule has 0 spiro atoms. The van der Waals surface area contributed by atoms with Crippen molar-refractivity contribution in [2.75, 3.05) is 6.61 Å². The summed E-state index contributed by atoms with van der Waals surface area (Å²) >= 11 is 1.18. The highest BCUT2D eigenvalue weighted by atomic mass is 32.1. The van der Waals surface area contributed by atoms with Crippen LogP contribution in [0.3, 0.4) is 0 Å². The van der Waals surface area contributed by atoms with Gasteiger partial charge in [0.2, 0.25) is 5.91 Å². The third-order valence-electron chi connectivity index (χ3n) is 4.52. The Labute approximate surface area is 189 Å². The van der Waals surface area contributed by atoms with Gasteiger partial charge in [0, 0.05) is 4.70 Å². The van der Waals surface area contributed by atoms with E-state index in [0.717, 1.165) is 4.70 Å². The smallest absolute Gasteiger partial charge is 0.355 e. The number of nitrogens with two attached hydrogens (primary N) is 1. The van der Waals surface area contributed by atoms with Crippen LogP contribution >= 0.6 is 18.9 Å². The minimum absolute atomic E-state index is 0.0761. The van der Waals surface area contributed by atoms with Crippen LogP contribution in [0.2, 0.25) is 0 Å². The van der Waals surface area contributed by atoms with Gasteiger partial charge in [-0.15, -0.1) is 11.3 Å². The summed E-state index contributed by atoms with van der Waals surface area (Å²) in [4.78, 5) is 24.0. The number of halogens is 1. The molecular weight excluding hydrogens is 454 g/mol. The minimum Gasteiger partial charge on any atom is -0.465 e. The summed E-state index contributed by atoms with van der Waals surface area (Å²) in [5, 5.41) is 3.12. The molecule has 0 aliphatic rings. The molecule has 0 bridgehead atoms. The van der Waals surface area contributed by atoms with Gasteiger partial charge in [0.25, 0.3) is 5.91 Å². The fourth-order valence-electron chi connectivity index (χ4n) is 2.95. The van der Waals surface area contributed by atoms with Gasteiger partial charge in [-0.1, -0.05) is 31.2 Å². The van der Waals surface area contributed by atoms with E-state index >= 15 is 4.39 Å². The van der Waals surface area contributed by atoms with Crippen LogP contribution in [0.25, 0.3) is 10.1 Å². The number of carbonyl (C=O) groups excluding carboxylic acids is 2. The first kappa shape index (κ1) is 23.9.